The fourth-order valence-corrected chi connectivity index (χ4v) is 11.8. The molecule has 0 aromatic carbocycles. The van der Waals surface area contributed by atoms with Crippen molar-refractivity contribution in [1.82, 2.24) is 0 Å². The van der Waals surface area contributed by atoms with Crippen molar-refractivity contribution in [3.8, 4) is 0 Å². The molecule has 0 saturated heterocycles. The van der Waals surface area contributed by atoms with E-state index in [-0.39, 0.29) is 25.7 Å². The van der Waals surface area contributed by atoms with Gasteiger partial charge in [-0.2, -0.15) is 0 Å². The third kappa shape index (κ3) is 61.3. The summed E-state index contributed by atoms with van der Waals surface area (Å²) in [6.45, 7) is 9.48. The molecule has 19 heteroatoms. The van der Waals surface area contributed by atoms with E-state index in [4.69, 9.17) is 37.0 Å². The van der Waals surface area contributed by atoms with Crippen LogP contribution >= 0.6 is 15.6 Å². The number of phosphoric acid groups is 2. The van der Waals surface area contributed by atoms with Crippen molar-refractivity contribution >= 4 is 39.5 Å². The Kier molecular flexibility index (Phi) is 59.0. The van der Waals surface area contributed by atoms with Crippen LogP contribution in [-0.2, 0) is 65.4 Å². The van der Waals surface area contributed by atoms with Crippen molar-refractivity contribution < 1.29 is 80.2 Å². The van der Waals surface area contributed by atoms with Crippen LogP contribution < -0.4 is 0 Å². The molecule has 17 nitrogen and oxygen atoms in total. The zero-order valence-electron chi connectivity index (χ0n) is 56.3. The van der Waals surface area contributed by atoms with Crippen molar-refractivity contribution in [3.63, 3.8) is 0 Å². The minimum atomic E-state index is -4.95. The Morgan fingerprint density at radius 3 is 0.874 bits per heavy atom. The molecule has 6 atom stereocenters. The molecule has 0 aromatic heterocycles. The van der Waals surface area contributed by atoms with Crippen molar-refractivity contribution in [2.75, 3.05) is 39.6 Å². The normalized spacial score (nSPS) is 14.5. The first-order valence-corrected chi connectivity index (χ1v) is 38.5. The molecular formula is C68H132O17P2. The number of phosphoric ester groups is 2. The third-order valence-electron chi connectivity index (χ3n) is 16.1. The molecule has 0 aliphatic heterocycles. The monoisotopic (exact) mass is 1280 g/mol. The molecule has 0 bridgehead atoms. The van der Waals surface area contributed by atoms with Crippen LogP contribution in [-0.4, -0.2) is 96.7 Å². The average molecular weight is 1280 g/mol. The molecule has 0 aliphatic carbocycles. The van der Waals surface area contributed by atoms with Crippen LogP contribution in [0.25, 0.3) is 0 Å². The van der Waals surface area contributed by atoms with E-state index in [0.717, 1.165) is 95.8 Å². The van der Waals surface area contributed by atoms with E-state index in [1.54, 1.807) is 0 Å². The summed E-state index contributed by atoms with van der Waals surface area (Å²) in [5.41, 5.74) is 0. The highest BCUT2D eigenvalue weighted by Crippen LogP contribution is 2.45. The van der Waals surface area contributed by atoms with Crippen LogP contribution in [0.5, 0.6) is 0 Å². The summed E-state index contributed by atoms with van der Waals surface area (Å²) in [6, 6.07) is 0. The SMILES string of the molecule is CCCCCCCCCCCCCCCCC(=O)OC[C@H](COP(=O)(O)OC[C@@H](O)COP(=O)(O)OC[C@@H](COC(=O)CCCCCCCCCCC)OC(=O)CCCCCCCCCC(C)C)OC(=O)CCCCCCCCCCCCC(C)CC. The minimum absolute atomic E-state index is 0.103. The van der Waals surface area contributed by atoms with Gasteiger partial charge in [-0.25, -0.2) is 9.13 Å². The molecule has 516 valence electrons. The van der Waals surface area contributed by atoms with E-state index in [1.165, 1.54) is 161 Å². The lowest BCUT2D eigenvalue weighted by molar-refractivity contribution is -0.161. The van der Waals surface area contributed by atoms with Crippen molar-refractivity contribution in [3.05, 3.63) is 0 Å². The molecule has 0 aromatic rings. The Morgan fingerprint density at radius 2 is 0.586 bits per heavy atom. The second-order valence-electron chi connectivity index (χ2n) is 25.3. The summed E-state index contributed by atoms with van der Waals surface area (Å²) in [5.74, 6) is -0.630. The molecule has 3 N–H and O–H groups in total. The molecular weight excluding hydrogens is 1150 g/mol. The predicted molar refractivity (Wildman–Crippen MR) is 349 cm³/mol. The van der Waals surface area contributed by atoms with Crippen LogP contribution in [0.15, 0.2) is 0 Å². The highest BCUT2D eigenvalue weighted by molar-refractivity contribution is 7.47. The van der Waals surface area contributed by atoms with Crippen molar-refractivity contribution in [2.24, 2.45) is 11.8 Å². The van der Waals surface area contributed by atoms with E-state index < -0.39 is 97.5 Å². The maximum absolute atomic E-state index is 13.0. The van der Waals surface area contributed by atoms with Gasteiger partial charge in [0.15, 0.2) is 12.2 Å². The Balaban J connectivity index is 5.24. The second-order valence-corrected chi connectivity index (χ2v) is 28.2. The third-order valence-corrected chi connectivity index (χ3v) is 18.0. The van der Waals surface area contributed by atoms with E-state index in [9.17, 15) is 43.2 Å². The summed E-state index contributed by atoms with van der Waals surface area (Å²) >= 11 is 0. The van der Waals surface area contributed by atoms with Gasteiger partial charge in [-0.3, -0.25) is 37.3 Å². The van der Waals surface area contributed by atoms with Crippen LogP contribution in [0.3, 0.4) is 0 Å². The standard InChI is InChI=1S/C68H132O17P2/c1-7-10-12-14-16-18-19-20-21-22-27-33-39-45-51-66(71)79-56-63(84-67(72)52-46-40-34-28-24-23-26-31-37-43-49-61(6)9-3)58-82-86(74,75)80-54-62(69)55-81-87(76,77)83-59-64(57-78-65(70)50-44-38-32-25-17-15-13-11-8-2)85-68(73)53-47-41-35-29-30-36-42-48-60(4)5/h60-64,69H,7-59H2,1-6H3,(H,74,75)(H,76,77)/t61?,62-,63-,64-/m1/s1. The maximum atomic E-state index is 13.0. The summed E-state index contributed by atoms with van der Waals surface area (Å²) in [5, 5.41) is 10.6. The number of carbonyl (C=O) groups is 4. The van der Waals surface area contributed by atoms with Gasteiger partial charge < -0.3 is 33.8 Å². The molecule has 0 rings (SSSR count). The lowest BCUT2D eigenvalue weighted by Crippen LogP contribution is -2.30. The molecule has 0 radical (unpaired) electrons. The van der Waals surface area contributed by atoms with Gasteiger partial charge in [0.2, 0.25) is 0 Å². The smallest absolute Gasteiger partial charge is 0.462 e. The van der Waals surface area contributed by atoms with E-state index in [0.29, 0.717) is 31.6 Å². The molecule has 3 unspecified atom stereocenters. The molecule has 0 fully saturated rings. The van der Waals surface area contributed by atoms with Gasteiger partial charge in [0.1, 0.15) is 19.3 Å². The van der Waals surface area contributed by atoms with E-state index in [2.05, 4.69) is 41.5 Å². The Bertz CT molecular complexity index is 1700. The Hall–Kier alpha value is -1.94. The minimum Gasteiger partial charge on any atom is -0.462 e. The fourth-order valence-electron chi connectivity index (χ4n) is 10.2. The van der Waals surface area contributed by atoms with Gasteiger partial charge in [-0.05, 0) is 37.5 Å². The van der Waals surface area contributed by atoms with E-state index in [1.807, 2.05) is 0 Å². The molecule has 0 heterocycles. The van der Waals surface area contributed by atoms with Crippen LogP contribution in [0, 0.1) is 11.8 Å². The number of rotatable bonds is 67. The second kappa shape index (κ2) is 60.3. The number of ether oxygens (including phenoxy) is 4. The predicted octanol–water partition coefficient (Wildman–Crippen LogP) is 19.2. The summed E-state index contributed by atoms with van der Waals surface area (Å²) in [6.07, 6.45) is 44.4. The Labute approximate surface area is 530 Å². The molecule has 0 spiro atoms. The average Bonchev–Trinajstić information content (AvgIpc) is 3.71. The van der Waals surface area contributed by atoms with Gasteiger partial charge in [0.05, 0.1) is 26.4 Å². The maximum Gasteiger partial charge on any atom is 0.472 e. The highest BCUT2D eigenvalue weighted by Gasteiger charge is 2.30. The first kappa shape index (κ1) is 85.1. The molecule has 0 saturated carbocycles. The summed E-state index contributed by atoms with van der Waals surface area (Å²) in [7, 11) is -9.89. The molecule has 0 aliphatic rings. The number of aliphatic hydroxyl groups excluding tert-OH is 1. The van der Waals surface area contributed by atoms with Crippen LogP contribution in [0.1, 0.15) is 343 Å². The summed E-state index contributed by atoms with van der Waals surface area (Å²) < 4.78 is 68.2. The first-order chi connectivity index (χ1) is 41.9. The van der Waals surface area contributed by atoms with Crippen molar-refractivity contribution in [2.45, 2.75) is 362 Å². The van der Waals surface area contributed by atoms with Crippen LogP contribution in [0.4, 0.5) is 0 Å². The van der Waals surface area contributed by atoms with Crippen molar-refractivity contribution in [1.29, 1.82) is 0 Å². The van der Waals surface area contributed by atoms with E-state index >= 15 is 0 Å². The van der Waals surface area contributed by atoms with Gasteiger partial charge in [0, 0.05) is 25.7 Å². The summed E-state index contributed by atoms with van der Waals surface area (Å²) in [4.78, 5) is 72.4. The molecule has 87 heavy (non-hydrogen) atoms. The van der Waals surface area contributed by atoms with Gasteiger partial charge in [0.25, 0.3) is 0 Å². The molecule has 0 amide bonds. The topological polar surface area (TPSA) is 237 Å². The van der Waals surface area contributed by atoms with Crippen LogP contribution in [0.2, 0.25) is 0 Å². The largest absolute Gasteiger partial charge is 0.472 e. The fraction of sp³-hybridized carbons (Fsp3) is 0.941. The highest BCUT2D eigenvalue weighted by atomic mass is 31.2. The number of aliphatic hydroxyl groups is 1. The Morgan fingerprint density at radius 1 is 0.333 bits per heavy atom. The quantitative estimate of drug-likeness (QED) is 0.0222. The number of unbranched alkanes of at least 4 members (excludes halogenated alkanes) is 36. The first-order valence-electron chi connectivity index (χ1n) is 35.5. The number of hydrogen-bond acceptors (Lipinski definition) is 15. The van der Waals surface area contributed by atoms with Gasteiger partial charge in [-0.1, -0.05) is 292 Å². The lowest BCUT2D eigenvalue weighted by Gasteiger charge is -2.21. The number of carbonyl (C=O) groups excluding carboxylic acids is 4. The zero-order valence-corrected chi connectivity index (χ0v) is 58.1. The van der Waals surface area contributed by atoms with Gasteiger partial charge >= 0.3 is 39.5 Å². The lowest BCUT2D eigenvalue weighted by atomic mass is 9.99. The zero-order chi connectivity index (χ0) is 64.3. The van der Waals surface area contributed by atoms with Gasteiger partial charge in [-0.15, -0.1) is 0 Å². The number of hydrogen-bond donors (Lipinski definition) is 3. The number of esters is 4.